The summed E-state index contributed by atoms with van der Waals surface area (Å²) in [6.07, 6.45) is 1.69. The summed E-state index contributed by atoms with van der Waals surface area (Å²) in [6.45, 7) is 3.77. The Labute approximate surface area is 168 Å². The number of hydrogen-bond donors (Lipinski definition) is 0. The van der Waals surface area contributed by atoms with Crippen LogP contribution in [0.2, 0.25) is 0 Å². The van der Waals surface area contributed by atoms with E-state index >= 15 is 0 Å². The molecule has 0 aliphatic rings. The van der Waals surface area contributed by atoms with Gasteiger partial charge < -0.3 is 14.2 Å². The number of hydrogen-bond acceptors (Lipinski definition) is 8. The minimum Gasteiger partial charge on any atom is -0.462 e. The first kappa shape index (κ1) is 22.0. The maximum absolute atomic E-state index is 13.3. The Morgan fingerprint density at radius 3 is 2.43 bits per heavy atom. The minimum absolute atomic E-state index is 0.0400. The third-order valence-electron chi connectivity index (χ3n) is 4.02. The number of ether oxygens (including phenoxy) is 3. The zero-order valence-corrected chi connectivity index (χ0v) is 17.5. The molecule has 0 amide bonds. The number of ketones is 1. The fourth-order valence-electron chi connectivity index (χ4n) is 2.75. The summed E-state index contributed by atoms with van der Waals surface area (Å²) in [4.78, 5) is 34.5. The number of nitrogens with zero attached hydrogens (tertiary/aromatic N) is 2. The third kappa shape index (κ3) is 4.76. The molecule has 0 fully saturated rings. The molecule has 1 aromatic heterocycles. The summed E-state index contributed by atoms with van der Waals surface area (Å²) < 4.78 is 15.7. The summed E-state index contributed by atoms with van der Waals surface area (Å²) in [6, 6.07) is 6.86. The molecule has 1 aromatic carbocycles. The molecule has 0 aliphatic carbocycles. The Hall–Kier alpha value is -2.29. The Morgan fingerprint density at radius 1 is 1.14 bits per heavy atom. The molecule has 0 radical (unpaired) electrons. The number of esters is 1. The van der Waals surface area contributed by atoms with Crippen LogP contribution in [0.25, 0.3) is 0 Å². The van der Waals surface area contributed by atoms with Crippen LogP contribution in [0.1, 0.15) is 57.8 Å². The van der Waals surface area contributed by atoms with Gasteiger partial charge in [-0.15, -0.1) is 0 Å². The zero-order chi connectivity index (χ0) is 20.7. The van der Waals surface area contributed by atoms with Crippen molar-refractivity contribution in [3.05, 3.63) is 52.3 Å². The highest BCUT2D eigenvalue weighted by atomic mass is 32.2. The van der Waals surface area contributed by atoms with Crippen LogP contribution in [0.15, 0.2) is 29.4 Å². The van der Waals surface area contributed by atoms with E-state index in [1.165, 1.54) is 26.0 Å². The highest BCUT2D eigenvalue weighted by Gasteiger charge is 2.27. The molecule has 0 spiro atoms. The van der Waals surface area contributed by atoms with E-state index in [1.54, 1.807) is 31.2 Å². The number of carbonyl (C=O) groups excluding carboxylic acids is 2. The van der Waals surface area contributed by atoms with Gasteiger partial charge in [-0.25, -0.2) is 14.8 Å². The van der Waals surface area contributed by atoms with Crippen LogP contribution in [0.3, 0.4) is 0 Å². The van der Waals surface area contributed by atoms with E-state index in [-0.39, 0.29) is 23.6 Å². The lowest BCUT2D eigenvalue weighted by atomic mass is 10.00. The van der Waals surface area contributed by atoms with Crippen LogP contribution >= 0.6 is 11.8 Å². The number of aryl methyl sites for hydroxylation is 1. The van der Waals surface area contributed by atoms with Crippen molar-refractivity contribution in [3.63, 3.8) is 0 Å². The molecule has 2 aromatic rings. The van der Waals surface area contributed by atoms with Gasteiger partial charge in [0.1, 0.15) is 11.3 Å². The average Bonchev–Trinajstić information content (AvgIpc) is 2.73. The lowest BCUT2D eigenvalue weighted by molar-refractivity contribution is -0.106. The molecule has 0 N–H and O–H groups in total. The van der Waals surface area contributed by atoms with Crippen molar-refractivity contribution in [1.82, 2.24) is 9.97 Å². The second kappa shape index (κ2) is 10.3. The van der Waals surface area contributed by atoms with Gasteiger partial charge >= 0.3 is 5.97 Å². The van der Waals surface area contributed by atoms with Gasteiger partial charge in [0.2, 0.25) is 5.78 Å². The van der Waals surface area contributed by atoms with E-state index in [2.05, 4.69) is 9.97 Å². The van der Waals surface area contributed by atoms with Crippen LogP contribution in [0.4, 0.5) is 0 Å². The molecule has 7 nitrogen and oxygen atoms in total. The highest BCUT2D eigenvalue weighted by molar-refractivity contribution is 7.98. The Bertz CT molecular complexity index is 852. The molecule has 150 valence electrons. The first-order valence-electron chi connectivity index (χ1n) is 8.82. The minimum atomic E-state index is -0.601. The smallest absolute Gasteiger partial charge is 0.342 e. The third-order valence-corrected chi connectivity index (χ3v) is 4.57. The van der Waals surface area contributed by atoms with Gasteiger partial charge in [0.25, 0.3) is 0 Å². The van der Waals surface area contributed by atoms with Crippen molar-refractivity contribution in [2.45, 2.75) is 31.7 Å². The van der Waals surface area contributed by atoms with Crippen LogP contribution in [-0.2, 0) is 20.6 Å². The highest BCUT2D eigenvalue weighted by Crippen LogP contribution is 2.24. The van der Waals surface area contributed by atoms with E-state index in [4.69, 9.17) is 14.2 Å². The maximum Gasteiger partial charge on any atom is 0.342 e. The molecule has 0 atom stereocenters. The largest absolute Gasteiger partial charge is 0.462 e. The first-order valence-corrected chi connectivity index (χ1v) is 10.0. The molecule has 0 bridgehead atoms. The number of methoxy groups -OCH3 is 2. The standard InChI is InChI=1S/C20H24N2O5S/c1-6-14-15(18(24)27-7-2)16(22-20(21-14)28-5)17(23)12-9-8-10-13(11-12)19(25-3)26-4/h8-11,19H,6-7H2,1-5H3. The number of carbonyl (C=O) groups is 2. The molecule has 0 aliphatic heterocycles. The molecule has 8 heteroatoms. The lowest BCUT2D eigenvalue weighted by Crippen LogP contribution is -2.19. The average molecular weight is 404 g/mol. The Kier molecular flexibility index (Phi) is 8.10. The molecule has 0 unspecified atom stereocenters. The van der Waals surface area contributed by atoms with Crippen molar-refractivity contribution in [2.75, 3.05) is 27.1 Å². The molecule has 0 saturated heterocycles. The summed E-state index contributed by atoms with van der Waals surface area (Å²) >= 11 is 1.31. The van der Waals surface area contributed by atoms with E-state index in [0.717, 1.165) is 0 Å². The maximum atomic E-state index is 13.3. The van der Waals surface area contributed by atoms with Crippen molar-refractivity contribution >= 4 is 23.5 Å². The lowest BCUT2D eigenvalue weighted by Gasteiger charge is -2.15. The summed E-state index contributed by atoms with van der Waals surface area (Å²) in [5.74, 6) is -0.985. The van der Waals surface area contributed by atoms with Crippen molar-refractivity contribution in [2.24, 2.45) is 0 Å². The fraction of sp³-hybridized carbons (Fsp3) is 0.400. The van der Waals surface area contributed by atoms with Crippen LogP contribution < -0.4 is 0 Å². The van der Waals surface area contributed by atoms with E-state index < -0.39 is 12.3 Å². The Balaban J connectivity index is 2.61. The molecular weight excluding hydrogens is 380 g/mol. The van der Waals surface area contributed by atoms with E-state index in [1.807, 2.05) is 13.2 Å². The normalized spacial score (nSPS) is 10.9. The topological polar surface area (TPSA) is 87.6 Å². The number of thioether (sulfide) groups is 1. The Morgan fingerprint density at radius 2 is 1.86 bits per heavy atom. The first-order chi connectivity index (χ1) is 13.5. The van der Waals surface area contributed by atoms with Crippen LogP contribution in [0, 0.1) is 0 Å². The molecule has 2 rings (SSSR count). The number of rotatable bonds is 9. The summed E-state index contributed by atoms with van der Waals surface area (Å²) in [5, 5.41) is 0.427. The summed E-state index contributed by atoms with van der Waals surface area (Å²) in [7, 11) is 3.04. The molecule has 28 heavy (non-hydrogen) atoms. The van der Waals surface area contributed by atoms with Crippen molar-refractivity contribution < 1.29 is 23.8 Å². The van der Waals surface area contributed by atoms with Gasteiger partial charge in [-0.3, -0.25) is 4.79 Å². The van der Waals surface area contributed by atoms with E-state index in [9.17, 15) is 9.59 Å². The van der Waals surface area contributed by atoms with Gasteiger partial charge in [0, 0.05) is 25.3 Å². The van der Waals surface area contributed by atoms with Gasteiger partial charge in [0.15, 0.2) is 11.4 Å². The monoisotopic (exact) mass is 404 g/mol. The van der Waals surface area contributed by atoms with E-state index in [0.29, 0.717) is 28.4 Å². The number of benzene rings is 1. The van der Waals surface area contributed by atoms with Crippen LogP contribution in [0.5, 0.6) is 0 Å². The van der Waals surface area contributed by atoms with Gasteiger partial charge in [-0.05, 0) is 25.7 Å². The zero-order valence-electron chi connectivity index (χ0n) is 16.6. The van der Waals surface area contributed by atoms with Gasteiger partial charge in [0.05, 0.1) is 12.3 Å². The molecular formula is C20H24N2O5S. The molecule has 0 saturated carbocycles. The van der Waals surface area contributed by atoms with Crippen molar-refractivity contribution in [3.8, 4) is 0 Å². The van der Waals surface area contributed by atoms with Gasteiger partial charge in [-0.1, -0.05) is 36.9 Å². The SMILES string of the molecule is CCOC(=O)c1c(CC)nc(SC)nc1C(=O)c1cccc(C(OC)OC)c1. The predicted octanol–water partition coefficient (Wildman–Crippen LogP) is 3.46. The fourth-order valence-corrected chi connectivity index (χ4v) is 3.13. The number of aromatic nitrogens is 2. The predicted molar refractivity (Wildman–Crippen MR) is 106 cm³/mol. The quantitative estimate of drug-likeness (QED) is 0.206. The second-order valence-corrected chi connectivity index (χ2v) is 6.49. The summed E-state index contributed by atoms with van der Waals surface area (Å²) in [5.41, 5.74) is 1.70. The van der Waals surface area contributed by atoms with Crippen LogP contribution in [-0.4, -0.2) is 48.8 Å². The molecule has 1 heterocycles. The van der Waals surface area contributed by atoms with Gasteiger partial charge in [-0.2, -0.15) is 0 Å². The van der Waals surface area contributed by atoms with Crippen molar-refractivity contribution in [1.29, 1.82) is 0 Å². The second-order valence-electron chi connectivity index (χ2n) is 5.71.